The fourth-order valence-corrected chi connectivity index (χ4v) is 6.67. The third kappa shape index (κ3) is 5.74. The minimum absolute atomic E-state index is 0.139. The zero-order chi connectivity index (χ0) is 30.7. The molecule has 4 heterocycles. The Bertz CT molecular complexity index is 1570. The standard InChI is InChI=1S/C29H40BN5O6S/c1-20-16-33(26(36)39-27(2,3)4)14-15-34(20)24-23-22(30-40-28(5,6)29(7,8)41-30)17-35(25(23)32-19-31-24)42(37,38)18-21-12-10-9-11-13-21/h9-13,17,19-20H,14-16,18H2,1-8H3. The molecule has 1 unspecified atom stereocenters. The second kappa shape index (κ2) is 10.5. The van der Waals surface area contributed by atoms with Crippen LogP contribution in [0, 0.1) is 0 Å². The van der Waals surface area contributed by atoms with Crippen molar-refractivity contribution in [2.45, 2.75) is 84.0 Å². The van der Waals surface area contributed by atoms with Crippen molar-refractivity contribution in [2.75, 3.05) is 24.5 Å². The average Bonchev–Trinajstić information content (AvgIpc) is 3.38. The Morgan fingerprint density at radius 1 is 1.07 bits per heavy atom. The molecule has 1 amide bonds. The van der Waals surface area contributed by atoms with Crippen molar-refractivity contribution in [1.29, 1.82) is 0 Å². The molecule has 0 saturated carbocycles. The van der Waals surface area contributed by atoms with Crippen molar-refractivity contribution < 1.29 is 27.3 Å². The third-order valence-electron chi connectivity index (χ3n) is 8.11. The van der Waals surface area contributed by atoms with E-state index in [0.29, 0.717) is 41.9 Å². The zero-order valence-corrected chi connectivity index (χ0v) is 26.4. The van der Waals surface area contributed by atoms with Crippen molar-refractivity contribution >= 4 is 45.5 Å². The number of benzene rings is 1. The molecule has 0 aliphatic carbocycles. The lowest BCUT2D eigenvalue weighted by molar-refractivity contribution is 0.00578. The van der Waals surface area contributed by atoms with Crippen LogP contribution in [0.2, 0.25) is 0 Å². The predicted molar refractivity (Wildman–Crippen MR) is 162 cm³/mol. The quantitative estimate of drug-likeness (QED) is 0.407. The zero-order valence-electron chi connectivity index (χ0n) is 25.6. The van der Waals surface area contributed by atoms with Crippen LogP contribution in [-0.4, -0.2) is 82.9 Å². The first-order valence-electron chi connectivity index (χ1n) is 14.2. The molecule has 2 aliphatic rings. The minimum Gasteiger partial charge on any atom is -0.444 e. The summed E-state index contributed by atoms with van der Waals surface area (Å²) in [6.45, 7) is 16.6. The van der Waals surface area contributed by atoms with E-state index in [1.165, 1.54) is 10.3 Å². The second-order valence-corrected chi connectivity index (χ2v) is 14.9. The summed E-state index contributed by atoms with van der Waals surface area (Å²) in [5.41, 5.74) is -0.422. The number of anilines is 1. The summed E-state index contributed by atoms with van der Waals surface area (Å²) >= 11 is 0. The highest BCUT2D eigenvalue weighted by atomic mass is 32.2. The van der Waals surface area contributed by atoms with E-state index in [0.717, 1.165) is 0 Å². The summed E-state index contributed by atoms with van der Waals surface area (Å²) in [5.74, 6) is 0.361. The van der Waals surface area contributed by atoms with Crippen molar-refractivity contribution in [3.63, 3.8) is 0 Å². The van der Waals surface area contributed by atoms with E-state index in [9.17, 15) is 13.2 Å². The van der Waals surface area contributed by atoms with Crippen LogP contribution in [0.3, 0.4) is 0 Å². The van der Waals surface area contributed by atoms with Crippen molar-refractivity contribution in [3.05, 3.63) is 48.4 Å². The van der Waals surface area contributed by atoms with Gasteiger partial charge in [0, 0.05) is 37.3 Å². The fraction of sp³-hybridized carbons (Fsp3) is 0.552. The molecule has 3 aromatic rings. The highest BCUT2D eigenvalue weighted by Gasteiger charge is 2.53. The van der Waals surface area contributed by atoms with E-state index in [2.05, 4.69) is 14.9 Å². The van der Waals surface area contributed by atoms with Crippen LogP contribution in [-0.2, 0) is 29.8 Å². The highest BCUT2D eigenvalue weighted by molar-refractivity contribution is 7.89. The van der Waals surface area contributed by atoms with Gasteiger partial charge in [0.2, 0.25) is 10.0 Å². The van der Waals surface area contributed by atoms with Gasteiger partial charge in [-0.05, 0) is 61.0 Å². The van der Waals surface area contributed by atoms with Crippen LogP contribution in [0.4, 0.5) is 10.6 Å². The summed E-state index contributed by atoms with van der Waals surface area (Å²) in [7, 11) is -4.72. The van der Waals surface area contributed by atoms with E-state index in [4.69, 9.17) is 14.0 Å². The van der Waals surface area contributed by atoms with Crippen LogP contribution >= 0.6 is 0 Å². The fourth-order valence-electron chi connectivity index (χ4n) is 5.24. The number of nitrogens with zero attached hydrogens (tertiary/aromatic N) is 5. The molecular formula is C29H40BN5O6S. The predicted octanol–water partition coefficient (Wildman–Crippen LogP) is 3.55. The lowest BCUT2D eigenvalue weighted by Crippen LogP contribution is -2.55. The number of carbonyl (C=O) groups is 1. The van der Waals surface area contributed by atoms with Gasteiger partial charge in [0.15, 0.2) is 5.65 Å². The molecule has 1 atom stereocenters. The van der Waals surface area contributed by atoms with Gasteiger partial charge in [-0.25, -0.2) is 27.2 Å². The molecule has 1 aromatic carbocycles. The lowest BCUT2D eigenvalue weighted by atomic mass is 9.79. The Kier molecular flexibility index (Phi) is 7.60. The molecule has 11 nitrogen and oxygen atoms in total. The summed E-state index contributed by atoms with van der Waals surface area (Å²) < 4.78 is 47.3. The smallest absolute Gasteiger partial charge is 0.444 e. The first-order chi connectivity index (χ1) is 19.5. The van der Waals surface area contributed by atoms with E-state index >= 15 is 0 Å². The van der Waals surface area contributed by atoms with Crippen LogP contribution < -0.4 is 10.4 Å². The molecule has 0 N–H and O–H groups in total. The average molecular weight is 598 g/mol. The van der Waals surface area contributed by atoms with Crippen molar-refractivity contribution in [2.24, 2.45) is 0 Å². The van der Waals surface area contributed by atoms with Gasteiger partial charge in [0.1, 0.15) is 17.7 Å². The summed E-state index contributed by atoms with van der Waals surface area (Å²) in [6, 6.07) is 8.90. The van der Waals surface area contributed by atoms with Gasteiger partial charge in [-0.3, -0.25) is 0 Å². The number of rotatable bonds is 5. The normalized spacial score (nSPS) is 20.8. The van der Waals surface area contributed by atoms with E-state index < -0.39 is 33.9 Å². The Labute approximate surface area is 248 Å². The monoisotopic (exact) mass is 597 g/mol. The van der Waals surface area contributed by atoms with E-state index in [1.807, 2.05) is 73.6 Å². The number of fused-ring (bicyclic) bond motifs is 1. The Morgan fingerprint density at radius 2 is 1.71 bits per heavy atom. The summed E-state index contributed by atoms with van der Waals surface area (Å²) in [5, 5.41) is 0.546. The number of ether oxygens (including phenoxy) is 1. The van der Waals surface area contributed by atoms with Crippen LogP contribution in [0.25, 0.3) is 11.0 Å². The van der Waals surface area contributed by atoms with Gasteiger partial charge in [-0.15, -0.1) is 0 Å². The Hall–Kier alpha value is -3.16. The van der Waals surface area contributed by atoms with Crippen molar-refractivity contribution in [1.82, 2.24) is 18.8 Å². The lowest BCUT2D eigenvalue weighted by Gasteiger charge is -2.41. The molecule has 2 saturated heterocycles. The number of aromatic nitrogens is 3. The molecular weight excluding hydrogens is 557 g/mol. The molecule has 2 fully saturated rings. The van der Waals surface area contributed by atoms with E-state index in [-0.39, 0.29) is 23.5 Å². The maximum Gasteiger partial charge on any atom is 0.497 e. The van der Waals surface area contributed by atoms with Gasteiger partial charge in [-0.2, -0.15) is 0 Å². The van der Waals surface area contributed by atoms with Gasteiger partial charge < -0.3 is 23.8 Å². The Balaban J connectivity index is 1.58. The van der Waals surface area contributed by atoms with Gasteiger partial charge >= 0.3 is 13.2 Å². The first kappa shape index (κ1) is 30.3. The highest BCUT2D eigenvalue weighted by Crippen LogP contribution is 2.38. The molecule has 0 bridgehead atoms. The topological polar surface area (TPSA) is 116 Å². The largest absolute Gasteiger partial charge is 0.497 e. The molecule has 13 heteroatoms. The molecule has 226 valence electrons. The first-order valence-corrected chi connectivity index (χ1v) is 15.8. The second-order valence-electron chi connectivity index (χ2n) is 13.1. The molecule has 0 spiro atoms. The van der Waals surface area contributed by atoms with Gasteiger partial charge in [-0.1, -0.05) is 30.3 Å². The van der Waals surface area contributed by atoms with Crippen LogP contribution in [0.15, 0.2) is 42.9 Å². The van der Waals surface area contributed by atoms with Crippen LogP contribution in [0.1, 0.15) is 61.0 Å². The van der Waals surface area contributed by atoms with Gasteiger partial charge in [0.25, 0.3) is 0 Å². The SMILES string of the molecule is CC1CN(C(=O)OC(C)(C)C)CCN1c1ncnc2c1c(B1OC(C)(C)C(C)(C)O1)cn2S(=O)(=O)Cc1ccccc1. The number of amides is 1. The van der Waals surface area contributed by atoms with Crippen LogP contribution in [0.5, 0.6) is 0 Å². The Morgan fingerprint density at radius 3 is 2.31 bits per heavy atom. The van der Waals surface area contributed by atoms with E-state index in [1.54, 1.807) is 23.2 Å². The number of carbonyl (C=O) groups excluding carboxylic acids is 1. The third-order valence-corrected chi connectivity index (χ3v) is 9.69. The minimum atomic E-state index is -3.88. The maximum absolute atomic E-state index is 13.8. The maximum atomic E-state index is 13.8. The number of piperazine rings is 1. The molecule has 42 heavy (non-hydrogen) atoms. The van der Waals surface area contributed by atoms with Gasteiger partial charge in [0.05, 0.1) is 22.3 Å². The molecule has 2 aromatic heterocycles. The summed E-state index contributed by atoms with van der Waals surface area (Å²) in [4.78, 5) is 25.7. The summed E-state index contributed by atoms with van der Waals surface area (Å²) in [6.07, 6.45) is 2.58. The molecule has 0 radical (unpaired) electrons. The number of hydrogen-bond donors (Lipinski definition) is 0. The number of hydrogen-bond acceptors (Lipinski definition) is 9. The molecule has 5 rings (SSSR count). The van der Waals surface area contributed by atoms with Crippen molar-refractivity contribution in [3.8, 4) is 0 Å². The molecule has 2 aliphatic heterocycles.